The van der Waals surface area contributed by atoms with Gasteiger partial charge in [-0.25, -0.2) is 0 Å². The van der Waals surface area contributed by atoms with E-state index in [1.165, 1.54) is 0 Å². The van der Waals surface area contributed by atoms with Crippen LogP contribution in [-0.4, -0.2) is 5.78 Å². The number of hydrogen-bond donors (Lipinski definition) is 0. The largest absolute Gasteiger partial charge is 0.299 e. The average molecular weight is 151 g/mol. The second-order valence-corrected chi connectivity index (χ2v) is 4.19. The van der Waals surface area contributed by atoms with Gasteiger partial charge < -0.3 is 0 Å². The maximum absolute atomic E-state index is 11.4. The first-order valence-corrected chi connectivity index (χ1v) is 3.90. The summed E-state index contributed by atoms with van der Waals surface area (Å²) < 4.78 is 0. The van der Waals surface area contributed by atoms with Gasteiger partial charge in [0.25, 0.3) is 0 Å². The van der Waals surface area contributed by atoms with Gasteiger partial charge in [0.15, 0.2) is 0 Å². The molecular formula is C9H13NO. The first kappa shape index (κ1) is 8.26. The van der Waals surface area contributed by atoms with Gasteiger partial charge in [-0.15, -0.1) is 0 Å². The van der Waals surface area contributed by atoms with Crippen LogP contribution in [0.3, 0.4) is 0 Å². The molecule has 1 saturated carbocycles. The summed E-state index contributed by atoms with van der Waals surface area (Å²) in [6.07, 6.45) is 0.784. The van der Waals surface area contributed by atoms with E-state index in [4.69, 9.17) is 5.26 Å². The van der Waals surface area contributed by atoms with Crippen molar-refractivity contribution in [1.29, 1.82) is 5.26 Å². The third-order valence-electron chi connectivity index (χ3n) is 2.03. The lowest BCUT2D eigenvalue weighted by atomic mass is 9.87. The maximum atomic E-state index is 11.4. The molecule has 60 valence electrons. The number of carbonyl (C=O) groups excluding carboxylic acids is 1. The van der Waals surface area contributed by atoms with Crippen LogP contribution in [0.4, 0.5) is 0 Å². The number of nitriles is 1. The van der Waals surface area contributed by atoms with Gasteiger partial charge >= 0.3 is 0 Å². The number of rotatable bonds is 1. The molecule has 1 aliphatic carbocycles. The number of Topliss-reactive ketones (excluding diaryl/α,β-unsaturated/α-hetero) is 1. The van der Waals surface area contributed by atoms with Crippen LogP contribution in [0.25, 0.3) is 0 Å². The van der Waals surface area contributed by atoms with E-state index in [1.54, 1.807) is 0 Å². The SMILES string of the molecule is CC(C)(C)C(=O)[C@@H]1C[C@H]1C#N. The topological polar surface area (TPSA) is 40.9 Å². The summed E-state index contributed by atoms with van der Waals surface area (Å²) in [5, 5.41) is 8.49. The van der Waals surface area contributed by atoms with Gasteiger partial charge in [-0.05, 0) is 6.42 Å². The van der Waals surface area contributed by atoms with Crippen molar-refractivity contribution in [1.82, 2.24) is 0 Å². The molecular weight excluding hydrogens is 138 g/mol. The van der Waals surface area contributed by atoms with E-state index in [0.29, 0.717) is 0 Å². The average Bonchev–Trinajstić information content (AvgIpc) is 2.62. The van der Waals surface area contributed by atoms with Gasteiger partial charge in [0.05, 0.1) is 12.0 Å². The highest BCUT2D eigenvalue weighted by Gasteiger charge is 2.46. The van der Waals surface area contributed by atoms with Crippen LogP contribution in [0, 0.1) is 28.6 Å². The Morgan fingerprint density at radius 1 is 1.55 bits per heavy atom. The molecule has 0 bridgehead atoms. The van der Waals surface area contributed by atoms with Gasteiger partial charge in [-0.1, -0.05) is 20.8 Å². The monoisotopic (exact) mass is 151 g/mol. The highest BCUT2D eigenvalue weighted by atomic mass is 16.1. The van der Waals surface area contributed by atoms with Crippen molar-refractivity contribution in [2.75, 3.05) is 0 Å². The molecule has 1 rings (SSSR count). The minimum absolute atomic E-state index is 0.0155. The molecule has 0 spiro atoms. The van der Waals surface area contributed by atoms with Crippen molar-refractivity contribution in [2.24, 2.45) is 17.3 Å². The van der Waals surface area contributed by atoms with E-state index in [9.17, 15) is 4.79 Å². The van der Waals surface area contributed by atoms with Crippen molar-refractivity contribution in [3.05, 3.63) is 0 Å². The smallest absolute Gasteiger partial charge is 0.142 e. The Balaban J connectivity index is 2.54. The molecule has 0 heterocycles. The van der Waals surface area contributed by atoms with E-state index in [-0.39, 0.29) is 23.0 Å². The van der Waals surface area contributed by atoms with E-state index >= 15 is 0 Å². The Bertz CT molecular complexity index is 219. The second-order valence-electron chi connectivity index (χ2n) is 4.19. The summed E-state index contributed by atoms with van der Waals surface area (Å²) in [5.74, 6) is 0.297. The summed E-state index contributed by atoms with van der Waals surface area (Å²) in [6.45, 7) is 5.71. The van der Waals surface area contributed by atoms with Crippen molar-refractivity contribution in [3.8, 4) is 6.07 Å². The predicted molar refractivity (Wildman–Crippen MR) is 41.7 cm³/mol. The highest BCUT2D eigenvalue weighted by molar-refractivity contribution is 5.88. The maximum Gasteiger partial charge on any atom is 0.142 e. The fourth-order valence-corrected chi connectivity index (χ4v) is 1.18. The molecule has 2 nitrogen and oxygen atoms in total. The Hall–Kier alpha value is -0.840. The molecule has 0 aromatic rings. The lowest BCUT2D eigenvalue weighted by Gasteiger charge is -2.15. The standard InChI is InChI=1S/C9H13NO/c1-9(2,3)8(11)7-4-6(7)5-10/h6-7H,4H2,1-3H3/t6-,7+/m0/s1. The lowest BCUT2D eigenvalue weighted by Crippen LogP contribution is -2.22. The molecule has 0 N–H and O–H groups in total. The zero-order valence-electron chi connectivity index (χ0n) is 7.22. The fourth-order valence-electron chi connectivity index (χ4n) is 1.18. The first-order chi connectivity index (χ1) is 4.96. The zero-order chi connectivity index (χ0) is 8.65. The van der Waals surface area contributed by atoms with Crippen LogP contribution < -0.4 is 0 Å². The summed E-state index contributed by atoms with van der Waals surface area (Å²) in [7, 11) is 0. The summed E-state index contributed by atoms with van der Waals surface area (Å²) in [4.78, 5) is 11.4. The molecule has 1 aliphatic rings. The minimum atomic E-state index is -0.268. The van der Waals surface area contributed by atoms with Gasteiger partial charge in [0.2, 0.25) is 0 Å². The number of ketones is 1. The third-order valence-corrected chi connectivity index (χ3v) is 2.03. The Kier molecular flexibility index (Phi) is 1.75. The van der Waals surface area contributed by atoms with Gasteiger partial charge in [0, 0.05) is 11.3 Å². The molecule has 0 aliphatic heterocycles. The summed E-state index contributed by atoms with van der Waals surface area (Å²) in [6, 6.07) is 2.12. The van der Waals surface area contributed by atoms with E-state index in [2.05, 4.69) is 6.07 Å². The molecule has 0 unspecified atom stereocenters. The van der Waals surface area contributed by atoms with Crippen LogP contribution in [0.2, 0.25) is 0 Å². The van der Waals surface area contributed by atoms with Crippen molar-refractivity contribution >= 4 is 5.78 Å². The Morgan fingerprint density at radius 3 is 2.36 bits per heavy atom. The molecule has 2 heteroatoms. The highest BCUT2D eigenvalue weighted by Crippen LogP contribution is 2.42. The molecule has 0 aromatic carbocycles. The fraction of sp³-hybridized carbons (Fsp3) is 0.778. The van der Waals surface area contributed by atoms with Crippen molar-refractivity contribution in [2.45, 2.75) is 27.2 Å². The predicted octanol–water partition coefficient (Wildman–Crippen LogP) is 1.76. The Labute approximate surface area is 67.2 Å². The number of hydrogen-bond acceptors (Lipinski definition) is 2. The molecule has 11 heavy (non-hydrogen) atoms. The van der Waals surface area contributed by atoms with E-state index in [0.717, 1.165) is 6.42 Å². The number of nitrogens with zero attached hydrogens (tertiary/aromatic N) is 1. The molecule has 1 fully saturated rings. The lowest BCUT2D eigenvalue weighted by molar-refractivity contribution is -0.127. The van der Waals surface area contributed by atoms with Gasteiger partial charge in [0.1, 0.15) is 5.78 Å². The normalized spacial score (nSPS) is 29.3. The van der Waals surface area contributed by atoms with Gasteiger partial charge in [-0.3, -0.25) is 4.79 Å². The van der Waals surface area contributed by atoms with Crippen LogP contribution >= 0.6 is 0 Å². The van der Waals surface area contributed by atoms with Crippen LogP contribution in [0.15, 0.2) is 0 Å². The van der Waals surface area contributed by atoms with Gasteiger partial charge in [-0.2, -0.15) is 5.26 Å². The van der Waals surface area contributed by atoms with Crippen LogP contribution in [0.5, 0.6) is 0 Å². The molecule has 0 amide bonds. The second kappa shape index (κ2) is 2.34. The van der Waals surface area contributed by atoms with Crippen LogP contribution in [-0.2, 0) is 4.79 Å². The van der Waals surface area contributed by atoms with Crippen LogP contribution in [0.1, 0.15) is 27.2 Å². The number of carbonyl (C=O) groups is 1. The minimum Gasteiger partial charge on any atom is -0.299 e. The summed E-state index contributed by atoms with van der Waals surface area (Å²) >= 11 is 0. The van der Waals surface area contributed by atoms with E-state index in [1.807, 2.05) is 20.8 Å². The quantitative estimate of drug-likeness (QED) is 0.573. The molecule has 0 saturated heterocycles. The van der Waals surface area contributed by atoms with Crippen molar-refractivity contribution < 1.29 is 4.79 Å². The molecule has 2 atom stereocenters. The third kappa shape index (κ3) is 1.59. The zero-order valence-corrected chi connectivity index (χ0v) is 7.22. The summed E-state index contributed by atoms with van der Waals surface area (Å²) in [5.41, 5.74) is -0.268. The molecule has 0 radical (unpaired) electrons. The Morgan fingerprint density at radius 2 is 2.09 bits per heavy atom. The van der Waals surface area contributed by atoms with Crippen molar-refractivity contribution in [3.63, 3.8) is 0 Å². The molecule has 0 aromatic heterocycles. The van der Waals surface area contributed by atoms with E-state index < -0.39 is 0 Å². The first-order valence-electron chi connectivity index (χ1n) is 3.90.